The van der Waals surface area contributed by atoms with E-state index in [0.29, 0.717) is 5.41 Å². The van der Waals surface area contributed by atoms with Gasteiger partial charge in [-0.3, -0.25) is 5.32 Å². The highest BCUT2D eigenvalue weighted by atomic mass is 16.5. The molecule has 1 aliphatic carbocycles. The zero-order valence-corrected chi connectivity index (χ0v) is 9.57. The van der Waals surface area contributed by atoms with Crippen molar-refractivity contribution in [2.75, 3.05) is 13.2 Å². The first-order valence-corrected chi connectivity index (χ1v) is 6.13. The molecule has 0 amide bonds. The molecule has 2 heteroatoms. The third-order valence-corrected chi connectivity index (χ3v) is 4.25. The highest BCUT2D eigenvalue weighted by Crippen LogP contribution is 2.41. The molecule has 14 heavy (non-hydrogen) atoms. The summed E-state index contributed by atoms with van der Waals surface area (Å²) in [5.74, 6) is 0. The molecular weight excluding hydrogens is 174 g/mol. The van der Waals surface area contributed by atoms with E-state index in [0.717, 1.165) is 19.4 Å². The Labute approximate surface area is 87.4 Å². The maximum atomic E-state index is 6.09. The lowest BCUT2D eigenvalue weighted by atomic mass is 9.84. The summed E-state index contributed by atoms with van der Waals surface area (Å²) < 4.78 is 6.09. The van der Waals surface area contributed by atoms with Gasteiger partial charge < -0.3 is 4.74 Å². The van der Waals surface area contributed by atoms with Gasteiger partial charge in [0.05, 0.1) is 6.61 Å². The second kappa shape index (κ2) is 3.82. The van der Waals surface area contributed by atoms with E-state index in [1.54, 1.807) is 0 Å². The van der Waals surface area contributed by atoms with Gasteiger partial charge in [-0.25, -0.2) is 0 Å². The van der Waals surface area contributed by atoms with Crippen LogP contribution in [0.5, 0.6) is 0 Å². The zero-order chi connectivity index (χ0) is 10.1. The lowest BCUT2D eigenvalue weighted by Crippen LogP contribution is -2.57. The first-order chi connectivity index (χ1) is 6.74. The van der Waals surface area contributed by atoms with E-state index in [9.17, 15) is 0 Å². The number of hydrogen-bond donors (Lipinski definition) is 1. The number of ether oxygens (including phenoxy) is 1. The van der Waals surface area contributed by atoms with Crippen molar-refractivity contribution >= 4 is 0 Å². The first kappa shape index (κ1) is 10.4. The lowest BCUT2D eigenvalue weighted by molar-refractivity contribution is -0.147. The van der Waals surface area contributed by atoms with Crippen LogP contribution in [0, 0.1) is 5.41 Å². The van der Waals surface area contributed by atoms with Crippen LogP contribution in [0.3, 0.4) is 0 Å². The summed E-state index contributed by atoms with van der Waals surface area (Å²) in [5, 5.41) is 3.64. The van der Waals surface area contributed by atoms with Crippen LogP contribution in [-0.4, -0.2) is 18.9 Å². The van der Waals surface area contributed by atoms with E-state index in [4.69, 9.17) is 4.74 Å². The van der Waals surface area contributed by atoms with Crippen LogP contribution in [0.2, 0.25) is 0 Å². The molecule has 1 saturated heterocycles. The summed E-state index contributed by atoms with van der Waals surface area (Å²) in [5.41, 5.74) is 0.488. The summed E-state index contributed by atoms with van der Waals surface area (Å²) in [6.45, 7) is 6.59. The van der Waals surface area contributed by atoms with Gasteiger partial charge in [0.25, 0.3) is 0 Å². The van der Waals surface area contributed by atoms with Crippen molar-refractivity contribution in [3.8, 4) is 0 Å². The molecule has 0 aromatic carbocycles. The van der Waals surface area contributed by atoms with Gasteiger partial charge in [0.15, 0.2) is 0 Å². The first-order valence-electron chi connectivity index (χ1n) is 6.13. The van der Waals surface area contributed by atoms with Crippen LogP contribution < -0.4 is 5.32 Å². The minimum Gasteiger partial charge on any atom is -0.360 e. The molecule has 2 fully saturated rings. The van der Waals surface area contributed by atoms with E-state index in [1.165, 1.54) is 32.2 Å². The fourth-order valence-electron chi connectivity index (χ4n) is 2.89. The average Bonchev–Trinajstić information content (AvgIpc) is 2.69. The third kappa shape index (κ3) is 1.70. The van der Waals surface area contributed by atoms with Crippen LogP contribution in [0.15, 0.2) is 0 Å². The smallest absolute Gasteiger partial charge is 0.118 e. The highest BCUT2D eigenvalue weighted by Gasteiger charge is 2.42. The Balaban J connectivity index is 1.96. The second-order valence-electron chi connectivity index (χ2n) is 5.05. The third-order valence-electron chi connectivity index (χ3n) is 4.25. The van der Waals surface area contributed by atoms with E-state index in [-0.39, 0.29) is 5.72 Å². The minimum atomic E-state index is -0.00611. The largest absolute Gasteiger partial charge is 0.360 e. The Hall–Kier alpha value is -0.0800. The molecule has 2 nitrogen and oxygen atoms in total. The summed E-state index contributed by atoms with van der Waals surface area (Å²) in [6, 6.07) is 0. The molecule has 2 aliphatic rings. The number of nitrogens with one attached hydrogen (secondary N) is 1. The van der Waals surface area contributed by atoms with Crippen LogP contribution >= 0.6 is 0 Å². The predicted molar refractivity (Wildman–Crippen MR) is 58.2 cm³/mol. The normalized spacial score (nSPS) is 29.6. The monoisotopic (exact) mass is 197 g/mol. The van der Waals surface area contributed by atoms with Crippen LogP contribution in [0.25, 0.3) is 0 Å². The van der Waals surface area contributed by atoms with Gasteiger partial charge in [-0.2, -0.15) is 0 Å². The molecule has 0 aromatic rings. The average molecular weight is 197 g/mol. The summed E-state index contributed by atoms with van der Waals surface area (Å²) in [7, 11) is 0. The molecule has 0 radical (unpaired) electrons. The quantitative estimate of drug-likeness (QED) is 0.735. The fourth-order valence-corrected chi connectivity index (χ4v) is 2.89. The van der Waals surface area contributed by atoms with Gasteiger partial charge in [-0.05, 0) is 25.7 Å². The van der Waals surface area contributed by atoms with E-state index in [1.807, 2.05) is 0 Å². The molecule has 1 N–H and O–H groups in total. The molecular formula is C12H23NO. The van der Waals surface area contributed by atoms with Crippen molar-refractivity contribution in [3.63, 3.8) is 0 Å². The Kier molecular flexibility index (Phi) is 2.85. The number of rotatable bonds is 2. The van der Waals surface area contributed by atoms with Gasteiger partial charge in [0, 0.05) is 12.0 Å². The van der Waals surface area contributed by atoms with E-state index in [2.05, 4.69) is 19.2 Å². The van der Waals surface area contributed by atoms with Gasteiger partial charge in [-0.15, -0.1) is 0 Å². The van der Waals surface area contributed by atoms with Crippen molar-refractivity contribution in [1.29, 1.82) is 0 Å². The lowest BCUT2D eigenvalue weighted by Gasteiger charge is -2.45. The van der Waals surface area contributed by atoms with Gasteiger partial charge >= 0.3 is 0 Å². The Morgan fingerprint density at radius 1 is 1.14 bits per heavy atom. The molecule has 1 spiro atoms. The molecule has 1 saturated carbocycles. The second-order valence-corrected chi connectivity index (χ2v) is 5.05. The maximum absolute atomic E-state index is 6.09. The molecule has 82 valence electrons. The van der Waals surface area contributed by atoms with Crippen molar-refractivity contribution in [2.45, 2.75) is 58.1 Å². The summed E-state index contributed by atoms with van der Waals surface area (Å²) in [4.78, 5) is 0. The van der Waals surface area contributed by atoms with Gasteiger partial charge in [0.2, 0.25) is 0 Å². The Morgan fingerprint density at radius 2 is 1.79 bits per heavy atom. The molecule has 1 heterocycles. The van der Waals surface area contributed by atoms with Crippen LogP contribution in [-0.2, 0) is 4.74 Å². The zero-order valence-electron chi connectivity index (χ0n) is 9.57. The molecule has 0 atom stereocenters. The number of hydrogen-bond acceptors (Lipinski definition) is 2. The molecule has 2 rings (SSSR count). The van der Waals surface area contributed by atoms with Gasteiger partial charge in [0.1, 0.15) is 5.72 Å². The summed E-state index contributed by atoms with van der Waals surface area (Å²) >= 11 is 0. The minimum absolute atomic E-state index is 0.00611. The van der Waals surface area contributed by atoms with E-state index < -0.39 is 0 Å². The topological polar surface area (TPSA) is 21.3 Å². The fraction of sp³-hybridized carbons (Fsp3) is 1.00. The van der Waals surface area contributed by atoms with Crippen LogP contribution in [0.4, 0.5) is 0 Å². The van der Waals surface area contributed by atoms with Crippen molar-refractivity contribution in [1.82, 2.24) is 5.32 Å². The Bertz CT molecular complexity index is 174. The standard InChI is InChI=1S/C12H23NO/c1-3-12(4-2)13-9-11(10-14-12)7-5-6-8-11/h13H,3-10H2,1-2H3. The Morgan fingerprint density at radius 3 is 2.21 bits per heavy atom. The van der Waals surface area contributed by atoms with Gasteiger partial charge in [-0.1, -0.05) is 26.7 Å². The summed E-state index contributed by atoms with van der Waals surface area (Å²) in [6.07, 6.45) is 7.69. The van der Waals surface area contributed by atoms with E-state index >= 15 is 0 Å². The molecule has 0 unspecified atom stereocenters. The van der Waals surface area contributed by atoms with Crippen molar-refractivity contribution in [2.24, 2.45) is 5.41 Å². The molecule has 0 bridgehead atoms. The predicted octanol–water partition coefficient (Wildman–Crippen LogP) is 2.68. The van der Waals surface area contributed by atoms with Crippen LogP contribution in [0.1, 0.15) is 52.4 Å². The SMILES string of the molecule is CCC1(CC)NCC2(CCCC2)CO1. The molecule has 0 aromatic heterocycles. The highest BCUT2D eigenvalue weighted by molar-refractivity contribution is 4.93. The molecule has 1 aliphatic heterocycles. The van der Waals surface area contributed by atoms with Crippen molar-refractivity contribution < 1.29 is 4.74 Å². The maximum Gasteiger partial charge on any atom is 0.118 e. The van der Waals surface area contributed by atoms with Crippen molar-refractivity contribution in [3.05, 3.63) is 0 Å².